The molecule has 3 N–H and O–H groups in total. The summed E-state index contributed by atoms with van der Waals surface area (Å²) in [6.45, 7) is 0. The van der Waals surface area contributed by atoms with E-state index < -0.39 is 0 Å². The van der Waals surface area contributed by atoms with Crippen molar-refractivity contribution >= 4 is 28.2 Å². The van der Waals surface area contributed by atoms with Crippen LogP contribution in [0.25, 0.3) is 10.9 Å². The molecule has 2 nitrogen and oxygen atoms in total. The van der Waals surface area contributed by atoms with Crippen LogP contribution in [0.15, 0.2) is 24.4 Å². The Balaban J connectivity index is 2.94. The highest BCUT2D eigenvalue weighted by molar-refractivity contribution is 6.35. The summed E-state index contributed by atoms with van der Waals surface area (Å²) in [5, 5.41) is 1.69. The number of nitrogen functional groups attached to an aromatic ring is 1. The molecule has 0 bridgehead atoms. The number of hydrogen-bond donors (Lipinski definition) is 2. The van der Waals surface area contributed by atoms with Gasteiger partial charge in [0.15, 0.2) is 0 Å². The number of benzene rings is 1. The van der Waals surface area contributed by atoms with Crippen molar-refractivity contribution < 1.29 is 0 Å². The number of aromatic amines is 1. The number of rotatable bonds is 0. The molecule has 0 aliphatic carbocycles. The second kappa shape index (κ2) is 2.17. The number of nitrogens with two attached hydrogens (primary N) is 1. The Labute approximate surface area is 69.0 Å². The Kier molecular flexibility index (Phi) is 1.29. The fourth-order valence-corrected chi connectivity index (χ4v) is 1.37. The molecule has 1 aromatic carbocycles. The first-order valence-corrected chi connectivity index (χ1v) is 3.68. The van der Waals surface area contributed by atoms with Crippen LogP contribution in [-0.4, -0.2) is 4.98 Å². The smallest absolute Gasteiger partial charge is 0.0664 e. The molecule has 11 heavy (non-hydrogen) atoms. The SMILES string of the molecule is Nc1c[nH]c2c(Cl)cccc12. The summed E-state index contributed by atoms with van der Waals surface area (Å²) in [5.74, 6) is 0. The molecule has 0 saturated carbocycles. The second-order valence-electron chi connectivity index (χ2n) is 2.41. The number of fused-ring (bicyclic) bond motifs is 1. The zero-order valence-electron chi connectivity index (χ0n) is 5.76. The molecule has 0 spiro atoms. The Hall–Kier alpha value is -1.15. The number of hydrogen-bond acceptors (Lipinski definition) is 1. The van der Waals surface area contributed by atoms with E-state index in [1.807, 2.05) is 18.2 Å². The Morgan fingerprint density at radius 3 is 2.91 bits per heavy atom. The van der Waals surface area contributed by atoms with E-state index in [0.29, 0.717) is 5.02 Å². The molecular weight excluding hydrogens is 160 g/mol. The average molecular weight is 167 g/mol. The van der Waals surface area contributed by atoms with Crippen molar-refractivity contribution in [3.8, 4) is 0 Å². The first-order chi connectivity index (χ1) is 5.29. The molecule has 0 amide bonds. The predicted molar refractivity (Wildman–Crippen MR) is 47.7 cm³/mol. The quantitative estimate of drug-likeness (QED) is 0.620. The molecule has 1 aromatic heterocycles. The molecule has 0 aliphatic heterocycles. The summed E-state index contributed by atoms with van der Waals surface area (Å²) in [6.07, 6.45) is 1.75. The highest BCUT2D eigenvalue weighted by Gasteiger charge is 2.01. The van der Waals surface area contributed by atoms with Gasteiger partial charge in [-0.3, -0.25) is 0 Å². The van der Waals surface area contributed by atoms with Gasteiger partial charge in [0.2, 0.25) is 0 Å². The Morgan fingerprint density at radius 1 is 1.36 bits per heavy atom. The third kappa shape index (κ3) is 0.870. The summed E-state index contributed by atoms with van der Waals surface area (Å²) in [5.41, 5.74) is 7.30. The van der Waals surface area contributed by atoms with Crippen LogP contribution in [-0.2, 0) is 0 Å². The van der Waals surface area contributed by atoms with E-state index in [-0.39, 0.29) is 0 Å². The number of para-hydroxylation sites is 1. The summed E-state index contributed by atoms with van der Waals surface area (Å²) >= 11 is 5.88. The fourth-order valence-electron chi connectivity index (χ4n) is 1.14. The normalized spacial score (nSPS) is 10.6. The molecule has 2 rings (SSSR count). The third-order valence-corrected chi connectivity index (χ3v) is 2.01. The first kappa shape index (κ1) is 6.55. The molecule has 3 heteroatoms. The Morgan fingerprint density at radius 2 is 2.18 bits per heavy atom. The van der Waals surface area contributed by atoms with Crippen LogP contribution in [0.2, 0.25) is 5.02 Å². The van der Waals surface area contributed by atoms with E-state index in [2.05, 4.69) is 4.98 Å². The zero-order valence-corrected chi connectivity index (χ0v) is 6.52. The number of anilines is 1. The van der Waals surface area contributed by atoms with E-state index in [4.69, 9.17) is 17.3 Å². The fraction of sp³-hybridized carbons (Fsp3) is 0. The third-order valence-electron chi connectivity index (χ3n) is 1.70. The van der Waals surface area contributed by atoms with Gasteiger partial charge in [-0.15, -0.1) is 0 Å². The monoisotopic (exact) mass is 166 g/mol. The van der Waals surface area contributed by atoms with Crippen molar-refractivity contribution in [3.05, 3.63) is 29.4 Å². The van der Waals surface area contributed by atoms with Gasteiger partial charge in [-0.25, -0.2) is 0 Å². The first-order valence-electron chi connectivity index (χ1n) is 3.30. The van der Waals surface area contributed by atoms with Crippen LogP contribution in [0, 0.1) is 0 Å². The number of aromatic nitrogens is 1. The van der Waals surface area contributed by atoms with Crippen molar-refractivity contribution in [2.45, 2.75) is 0 Å². The van der Waals surface area contributed by atoms with E-state index in [9.17, 15) is 0 Å². The number of H-pyrrole nitrogens is 1. The molecular formula is C8H7ClN2. The predicted octanol–water partition coefficient (Wildman–Crippen LogP) is 2.40. The number of nitrogens with one attached hydrogen (secondary N) is 1. The van der Waals surface area contributed by atoms with Crippen LogP contribution >= 0.6 is 11.6 Å². The van der Waals surface area contributed by atoms with Crippen LogP contribution in [0.5, 0.6) is 0 Å². The minimum atomic E-state index is 0.708. The largest absolute Gasteiger partial charge is 0.397 e. The zero-order chi connectivity index (χ0) is 7.84. The molecule has 56 valence electrons. The van der Waals surface area contributed by atoms with Crippen LogP contribution in [0.4, 0.5) is 5.69 Å². The highest BCUT2D eigenvalue weighted by Crippen LogP contribution is 2.25. The maximum Gasteiger partial charge on any atom is 0.0664 e. The van der Waals surface area contributed by atoms with Gasteiger partial charge in [-0.1, -0.05) is 23.7 Å². The topological polar surface area (TPSA) is 41.8 Å². The minimum Gasteiger partial charge on any atom is -0.397 e. The molecule has 0 aliphatic rings. The lowest BCUT2D eigenvalue weighted by Crippen LogP contribution is -1.79. The Bertz CT molecular complexity index is 392. The highest BCUT2D eigenvalue weighted by atomic mass is 35.5. The summed E-state index contributed by atoms with van der Waals surface area (Å²) in [7, 11) is 0. The van der Waals surface area contributed by atoms with E-state index in [1.165, 1.54) is 0 Å². The maximum absolute atomic E-state index is 5.88. The van der Waals surface area contributed by atoms with Crippen LogP contribution in [0.3, 0.4) is 0 Å². The molecule has 2 aromatic rings. The van der Waals surface area contributed by atoms with Gasteiger partial charge < -0.3 is 10.7 Å². The molecule has 0 saturated heterocycles. The summed E-state index contributed by atoms with van der Waals surface area (Å²) < 4.78 is 0. The van der Waals surface area contributed by atoms with E-state index in [0.717, 1.165) is 16.6 Å². The van der Waals surface area contributed by atoms with Crippen LogP contribution < -0.4 is 5.73 Å². The van der Waals surface area contributed by atoms with Crippen LogP contribution in [0.1, 0.15) is 0 Å². The molecule has 1 heterocycles. The summed E-state index contributed by atoms with van der Waals surface area (Å²) in [4.78, 5) is 3.00. The van der Waals surface area contributed by atoms with Gasteiger partial charge >= 0.3 is 0 Å². The number of halogens is 1. The molecule has 0 atom stereocenters. The van der Waals surface area contributed by atoms with Crippen molar-refractivity contribution in [2.75, 3.05) is 5.73 Å². The minimum absolute atomic E-state index is 0.708. The van der Waals surface area contributed by atoms with Gasteiger partial charge in [0.05, 0.1) is 16.2 Å². The van der Waals surface area contributed by atoms with Gasteiger partial charge in [0, 0.05) is 11.6 Å². The lowest BCUT2D eigenvalue weighted by Gasteiger charge is -1.92. The second-order valence-corrected chi connectivity index (χ2v) is 2.81. The lowest BCUT2D eigenvalue weighted by molar-refractivity contribution is 1.48. The average Bonchev–Trinajstić information content (AvgIpc) is 2.35. The van der Waals surface area contributed by atoms with Gasteiger partial charge in [-0.05, 0) is 6.07 Å². The van der Waals surface area contributed by atoms with Gasteiger partial charge in [0.25, 0.3) is 0 Å². The van der Waals surface area contributed by atoms with Crippen molar-refractivity contribution in [1.82, 2.24) is 4.98 Å². The summed E-state index contributed by atoms with van der Waals surface area (Å²) in [6, 6.07) is 5.65. The van der Waals surface area contributed by atoms with Crippen molar-refractivity contribution in [3.63, 3.8) is 0 Å². The van der Waals surface area contributed by atoms with Crippen molar-refractivity contribution in [1.29, 1.82) is 0 Å². The standard InChI is InChI=1S/C8H7ClN2/c9-6-3-1-2-5-7(10)4-11-8(5)6/h1-4,11H,10H2. The van der Waals surface area contributed by atoms with Crippen molar-refractivity contribution in [2.24, 2.45) is 0 Å². The molecule has 0 unspecified atom stereocenters. The van der Waals surface area contributed by atoms with Gasteiger partial charge in [-0.2, -0.15) is 0 Å². The van der Waals surface area contributed by atoms with Gasteiger partial charge in [0.1, 0.15) is 0 Å². The van der Waals surface area contributed by atoms with E-state index >= 15 is 0 Å². The van der Waals surface area contributed by atoms with E-state index in [1.54, 1.807) is 6.20 Å². The molecule has 0 fully saturated rings. The lowest BCUT2D eigenvalue weighted by atomic mass is 10.2. The maximum atomic E-state index is 5.88. The molecule has 0 radical (unpaired) electrons.